The topological polar surface area (TPSA) is 18.5 Å². The van der Waals surface area contributed by atoms with Gasteiger partial charge in [0.15, 0.2) is 0 Å². The molecular formula is C16H26FN3. The molecule has 0 amide bonds. The molecule has 0 aromatic heterocycles. The van der Waals surface area contributed by atoms with Crippen molar-refractivity contribution < 1.29 is 4.39 Å². The van der Waals surface area contributed by atoms with E-state index in [9.17, 15) is 4.39 Å². The lowest BCUT2D eigenvalue weighted by molar-refractivity contribution is 0.275. The van der Waals surface area contributed by atoms with Crippen molar-refractivity contribution in [2.75, 3.05) is 38.6 Å². The standard InChI is InChI=1S/C16H26FN3/c1-11-8-16(14(9-15(11)17)13(3)18-4)20-7-6-19(5)10-12(20)2/h8-9,12-13,18H,6-7,10H2,1-5H3. The van der Waals surface area contributed by atoms with Gasteiger partial charge in [0.05, 0.1) is 0 Å². The first kappa shape index (κ1) is 15.3. The van der Waals surface area contributed by atoms with Crippen LogP contribution in [-0.4, -0.2) is 44.7 Å². The van der Waals surface area contributed by atoms with Crippen molar-refractivity contribution in [2.24, 2.45) is 0 Å². The summed E-state index contributed by atoms with van der Waals surface area (Å²) in [6.45, 7) is 9.24. The number of aryl methyl sites for hydroxylation is 1. The molecule has 1 aromatic carbocycles. The lowest BCUT2D eigenvalue weighted by atomic mass is 10.0. The fourth-order valence-electron chi connectivity index (χ4n) is 2.93. The molecule has 2 unspecified atom stereocenters. The van der Waals surface area contributed by atoms with Crippen LogP contribution in [0.4, 0.5) is 10.1 Å². The molecular weight excluding hydrogens is 253 g/mol. The Kier molecular flexibility index (Phi) is 4.66. The monoisotopic (exact) mass is 279 g/mol. The van der Waals surface area contributed by atoms with E-state index in [1.54, 1.807) is 6.07 Å². The Morgan fingerprint density at radius 2 is 2.05 bits per heavy atom. The maximum Gasteiger partial charge on any atom is 0.126 e. The molecule has 0 aliphatic carbocycles. The van der Waals surface area contributed by atoms with Crippen LogP contribution in [-0.2, 0) is 0 Å². The zero-order chi connectivity index (χ0) is 14.9. The molecule has 1 fully saturated rings. The van der Waals surface area contributed by atoms with E-state index in [-0.39, 0.29) is 11.9 Å². The summed E-state index contributed by atoms with van der Waals surface area (Å²) in [6.07, 6.45) is 0. The lowest BCUT2D eigenvalue weighted by Crippen LogP contribution is -2.51. The number of nitrogens with zero attached hydrogens (tertiary/aromatic N) is 2. The van der Waals surface area contributed by atoms with Crippen molar-refractivity contribution in [3.8, 4) is 0 Å². The third-order valence-corrected chi connectivity index (χ3v) is 4.35. The minimum absolute atomic E-state index is 0.118. The van der Waals surface area contributed by atoms with E-state index in [1.165, 1.54) is 5.69 Å². The molecule has 1 N–H and O–H groups in total. The highest BCUT2D eigenvalue weighted by molar-refractivity contribution is 5.58. The number of likely N-dealkylation sites (N-methyl/N-ethyl adjacent to an activating group) is 1. The van der Waals surface area contributed by atoms with Gasteiger partial charge < -0.3 is 15.1 Å². The summed E-state index contributed by atoms with van der Waals surface area (Å²) in [6, 6.07) is 4.28. The average molecular weight is 279 g/mol. The molecule has 2 rings (SSSR count). The Balaban J connectivity index is 2.41. The van der Waals surface area contributed by atoms with Crippen LogP contribution >= 0.6 is 0 Å². The van der Waals surface area contributed by atoms with E-state index in [0.29, 0.717) is 6.04 Å². The molecule has 1 aliphatic heterocycles. The fraction of sp³-hybridized carbons (Fsp3) is 0.625. The van der Waals surface area contributed by atoms with Gasteiger partial charge in [0, 0.05) is 37.4 Å². The Bertz CT molecular complexity index is 475. The molecule has 2 atom stereocenters. The highest BCUT2D eigenvalue weighted by Gasteiger charge is 2.25. The minimum Gasteiger partial charge on any atom is -0.366 e. The summed E-state index contributed by atoms with van der Waals surface area (Å²) < 4.78 is 13.9. The molecule has 1 aliphatic rings. The molecule has 0 bridgehead atoms. The predicted octanol–water partition coefficient (Wildman–Crippen LogP) is 2.55. The highest BCUT2D eigenvalue weighted by Crippen LogP contribution is 2.31. The van der Waals surface area contributed by atoms with E-state index < -0.39 is 0 Å². The van der Waals surface area contributed by atoms with E-state index in [1.807, 2.05) is 20.0 Å². The first-order valence-electron chi connectivity index (χ1n) is 7.36. The molecule has 4 heteroatoms. The Hall–Kier alpha value is -1.13. The number of nitrogens with one attached hydrogen (secondary N) is 1. The van der Waals surface area contributed by atoms with E-state index in [2.05, 4.69) is 36.0 Å². The van der Waals surface area contributed by atoms with Gasteiger partial charge in [-0.2, -0.15) is 0 Å². The van der Waals surface area contributed by atoms with Crippen molar-refractivity contribution in [1.29, 1.82) is 0 Å². The van der Waals surface area contributed by atoms with Gasteiger partial charge in [-0.1, -0.05) is 0 Å². The molecule has 1 saturated heterocycles. The molecule has 0 saturated carbocycles. The van der Waals surface area contributed by atoms with Crippen LogP contribution in [0, 0.1) is 12.7 Å². The molecule has 3 nitrogen and oxygen atoms in total. The number of rotatable bonds is 3. The quantitative estimate of drug-likeness (QED) is 0.917. The number of benzene rings is 1. The van der Waals surface area contributed by atoms with Crippen molar-refractivity contribution in [2.45, 2.75) is 32.9 Å². The van der Waals surface area contributed by atoms with Crippen LogP contribution in [0.2, 0.25) is 0 Å². The SMILES string of the molecule is CNC(C)c1cc(F)c(C)cc1N1CCN(C)CC1C. The van der Waals surface area contributed by atoms with Crippen LogP contribution in [0.1, 0.15) is 31.0 Å². The molecule has 1 aromatic rings. The molecule has 20 heavy (non-hydrogen) atoms. The lowest BCUT2D eigenvalue weighted by Gasteiger charge is -2.41. The number of piperazine rings is 1. The third-order valence-electron chi connectivity index (χ3n) is 4.35. The van der Waals surface area contributed by atoms with Gasteiger partial charge in [-0.3, -0.25) is 0 Å². The maximum absolute atomic E-state index is 13.9. The molecule has 1 heterocycles. The first-order valence-corrected chi connectivity index (χ1v) is 7.36. The average Bonchev–Trinajstić information content (AvgIpc) is 2.41. The molecule has 112 valence electrons. The van der Waals surface area contributed by atoms with E-state index in [4.69, 9.17) is 0 Å². The summed E-state index contributed by atoms with van der Waals surface area (Å²) in [4.78, 5) is 4.76. The fourth-order valence-corrected chi connectivity index (χ4v) is 2.93. The second-order valence-electron chi connectivity index (χ2n) is 5.98. The zero-order valence-corrected chi connectivity index (χ0v) is 13.2. The number of hydrogen-bond donors (Lipinski definition) is 1. The summed E-state index contributed by atoms with van der Waals surface area (Å²) in [5, 5.41) is 3.23. The summed E-state index contributed by atoms with van der Waals surface area (Å²) in [5.74, 6) is -0.118. The van der Waals surface area contributed by atoms with Crippen molar-refractivity contribution in [3.05, 3.63) is 29.1 Å². The van der Waals surface area contributed by atoms with Crippen LogP contribution < -0.4 is 10.2 Å². The minimum atomic E-state index is -0.118. The predicted molar refractivity (Wildman–Crippen MR) is 82.9 cm³/mol. The third kappa shape index (κ3) is 2.96. The van der Waals surface area contributed by atoms with Crippen molar-refractivity contribution >= 4 is 5.69 Å². The van der Waals surface area contributed by atoms with Gasteiger partial charge in [-0.05, 0) is 58.1 Å². The second-order valence-corrected chi connectivity index (χ2v) is 5.98. The number of hydrogen-bond acceptors (Lipinski definition) is 3. The van der Waals surface area contributed by atoms with Gasteiger partial charge in [-0.25, -0.2) is 4.39 Å². The first-order chi connectivity index (χ1) is 9.43. The van der Waals surface area contributed by atoms with Crippen LogP contribution in [0.15, 0.2) is 12.1 Å². The summed E-state index contributed by atoms with van der Waals surface area (Å²) in [7, 11) is 4.07. The van der Waals surface area contributed by atoms with Crippen LogP contribution in [0.5, 0.6) is 0 Å². The second kappa shape index (κ2) is 6.10. The number of anilines is 1. The van der Waals surface area contributed by atoms with E-state index in [0.717, 1.165) is 30.8 Å². The van der Waals surface area contributed by atoms with Crippen molar-refractivity contribution in [3.63, 3.8) is 0 Å². The van der Waals surface area contributed by atoms with Gasteiger partial charge in [0.25, 0.3) is 0 Å². The Morgan fingerprint density at radius 1 is 1.35 bits per heavy atom. The van der Waals surface area contributed by atoms with Crippen molar-refractivity contribution in [1.82, 2.24) is 10.2 Å². The van der Waals surface area contributed by atoms with Crippen LogP contribution in [0.3, 0.4) is 0 Å². The maximum atomic E-state index is 13.9. The van der Waals surface area contributed by atoms with Gasteiger partial charge >= 0.3 is 0 Å². The number of halogens is 1. The normalized spacial score (nSPS) is 22.1. The summed E-state index contributed by atoms with van der Waals surface area (Å²) >= 11 is 0. The van der Waals surface area contributed by atoms with E-state index >= 15 is 0 Å². The van der Waals surface area contributed by atoms with Crippen LogP contribution in [0.25, 0.3) is 0 Å². The smallest absolute Gasteiger partial charge is 0.126 e. The highest BCUT2D eigenvalue weighted by atomic mass is 19.1. The molecule has 0 spiro atoms. The van der Waals surface area contributed by atoms with Gasteiger partial charge in [0.2, 0.25) is 0 Å². The summed E-state index contributed by atoms with van der Waals surface area (Å²) in [5.41, 5.74) is 2.94. The van der Waals surface area contributed by atoms with Gasteiger partial charge in [-0.15, -0.1) is 0 Å². The Morgan fingerprint density at radius 3 is 2.65 bits per heavy atom. The zero-order valence-electron chi connectivity index (χ0n) is 13.2. The molecule has 0 radical (unpaired) electrons. The van der Waals surface area contributed by atoms with Gasteiger partial charge in [0.1, 0.15) is 5.82 Å². The Labute approximate surface area is 121 Å². The largest absolute Gasteiger partial charge is 0.366 e.